The number of fused-ring (bicyclic) bond motifs is 4. The molecule has 0 spiro atoms. The SMILES string of the molecule is CC(C)(c1cc(-c2cccc3ccccc23)c(OCCS)c(-c2cccc3ccccc23)c1)c1cc(-c2cccc3ccccc23)c(OCCS)c(-c2cccc3ccccc23)c1. The van der Waals surface area contributed by atoms with Gasteiger partial charge in [0.15, 0.2) is 0 Å². The molecular weight excluding hydrogens is 805 g/mol. The highest BCUT2D eigenvalue weighted by Crippen LogP contribution is 2.51. The second-order valence-electron chi connectivity index (χ2n) is 16.7. The first-order valence-corrected chi connectivity index (χ1v) is 23.0. The van der Waals surface area contributed by atoms with Gasteiger partial charge in [-0.1, -0.05) is 184 Å². The first-order chi connectivity index (χ1) is 30.9. The van der Waals surface area contributed by atoms with Crippen LogP contribution in [-0.2, 0) is 5.41 Å². The Balaban J connectivity index is 1.31. The molecule has 10 aromatic rings. The van der Waals surface area contributed by atoms with Crippen LogP contribution in [0.2, 0.25) is 0 Å². The summed E-state index contributed by atoms with van der Waals surface area (Å²) in [5, 5.41) is 9.44. The minimum absolute atomic E-state index is 0.470. The Morgan fingerprint density at radius 1 is 0.333 bits per heavy atom. The summed E-state index contributed by atoms with van der Waals surface area (Å²) in [6.45, 7) is 5.66. The lowest BCUT2D eigenvalue weighted by Crippen LogP contribution is -2.20. The van der Waals surface area contributed by atoms with Crippen molar-refractivity contribution >= 4 is 68.3 Å². The zero-order chi connectivity index (χ0) is 42.9. The summed E-state index contributed by atoms with van der Waals surface area (Å²) in [6.07, 6.45) is 0. The van der Waals surface area contributed by atoms with Gasteiger partial charge in [0.05, 0.1) is 13.2 Å². The molecule has 0 atom stereocenters. The molecule has 63 heavy (non-hydrogen) atoms. The molecule has 2 nitrogen and oxygen atoms in total. The smallest absolute Gasteiger partial charge is 0.135 e. The third kappa shape index (κ3) is 7.52. The fourth-order valence-corrected chi connectivity index (χ4v) is 9.58. The van der Waals surface area contributed by atoms with Crippen LogP contribution in [-0.4, -0.2) is 24.7 Å². The van der Waals surface area contributed by atoms with E-state index in [9.17, 15) is 0 Å². The lowest BCUT2D eigenvalue weighted by Gasteiger charge is -2.31. The van der Waals surface area contributed by atoms with Crippen LogP contribution in [0.4, 0.5) is 0 Å². The van der Waals surface area contributed by atoms with Gasteiger partial charge in [-0.05, 0) is 101 Å². The molecule has 0 heterocycles. The number of hydrogen-bond acceptors (Lipinski definition) is 4. The van der Waals surface area contributed by atoms with Gasteiger partial charge in [0.2, 0.25) is 0 Å². The Morgan fingerprint density at radius 2 is 0.587 bits per heavy atom. The van der Waals surface area contributed by atoms with Crippen LogP contribution < -0.4 is 9.47 Å². The second kappa shape index (κ2) is 17.4. The van der Waals surface area contributed by atoms with Crippen molar-refractivity contribution in [1.82, 2.24) is 0 Å². The molecule has 0 radical (unpaired) electrons. The predicted molar refractivity (Wildman–Crippen MR) is 275 cm³/mol. The monoisotopic (exact) mass is 852 g/mol. The van der Waals surface area contributed by atoms with Crippen molar-refractivity contribution in [2.45, 2.75) is 19.3 Å². The molecule has 10 aromatic carbocycles. The van der Waals surface area contributed by atoms with Gasteiger partial charge in [0.25, 0.3) is 0 Å². The molecule has 0 aliphatic heterocycles. The number of hydrogen-bond donors (Lipinski definition) is 2. The summed E-state index contributed by atoms with van der Waals surface area (Å²) in [7, 11) is 0. The first-order valence-electron chi connectivity index (χ1n) is 21.7. The van der Waals surface area contributed by atoms with Crippen molar-refractivity contribution in [3.8, 4) is 56.0 Å². The van der Waals surface area contributed by atoms with Crippen molar-refractivity contribution < 1.29 is 9.47 Å². The Hall–Kier alpha value is -6.46. The molecular formula is C59H48O2S2. The van der Waals surface area contributed by atoms with Gasteiger partial charge < -0.3 is 9.47 Å². The van der Waals surface area contributed by atoms with Gasteiger partial charge in [0.1, 0.15) is 11.5 Å². The van der Waals surface area contributed by atoms with Crippen molar-refractivity contribution in [1.29, 1.82) is 0 Å². The Morgan fingerprint density at radius 3 is 0.857 bits per heavy atom. The van der Waals surface area contributed by atoms with Gasteiger partial charge in [-0.15, -0.1) is 0 Å². The maximum absolute atomic E-state index is 6.89. The van der Waals surface area contributed by atoms with E-state index < -0.39 is 5.41 Å². The lowest BCUT2D eigenvalue weighted by molar-refractivity contribution is 0.347. The van der Waals surface area contributed by atoms with Crippen molar-refractivity contribution in [3.05, 3.63) is 205 Å². The number of thiol groups is 2. The van der Waals surface area contributed by atoms with Gasteiger partial charge in [-0.25, -0.2) is 0 Å². The van der Waals surface area contributed by atoms with Gasteiger partial charge in [0, 0.05) is 39.2 Å². The van der Waals surface area contributed by atoms with Gasteiger partial charge in [-0.3, -0.25) is 0 Å². The average Bonchev–Trinajstić information content (AvgIpc) is 3.34. The highest BCUT2D eigenvalue weighted by atomic mass is 32.1. The molecule has 0 saturated carbocycles. The molecule has 0 unspecified atom stereocenters. The lowest BCUT2D eigenvalue weighted by atomic mass is 9.74. The van der Waals surface area contributed by atoms with Crippen LogP contribution in [0.1, 0.15) is 25.0 Å². The van der Waals surface area contributed by atoms with E-state index >= 15 is 0 Å². The molecule has 0 N–H and O–H groups in total. The fraction of sp³-hybridized carbons (Fsp3) is 0.119. The second-order valence-corrected chi connectivity index (χ2v) is 17.6. The van der Waals surface area contributed by atoms with Crippen molar-refractivity contribution in [3.63, 3.8) is 0 Å². The summed E-state index contributed by atoms with van der Waals surface area (Å²) in [4.78, 5) is 0. The van der Waals surface area contributed by atoms with Crippen LogP contribution in [0.3, 0.4) is 0 Å². The van der Waals surface area contributed by atoms with Crippen LogP contribution in [0.15, 0.2) is 194 Å². The zero-order valence-electron chi connectivity index (χ0n) is 35.5. The topological polar surface area (TPSA) is 18.5 Å². The Kier molecular flexibility index (Phi) is 11.2. The number of benzene rings is 10. The molecule has 0 aliphatic carbocycles. The van der Waals surface area contributed by atoms with Crippen LogP contribution in [0, 0.1) is 0 Å². The summed E-state index contributed by atoms with van der Waals surface area (Å²) in [5.41, 5.74) is 10.6. The summed E-state index contributed by atoms with van der Waals surface area (Å²) >= 11 is 9.28. The summed E-state index contributed by atoms with van der Waals surface area (Å²) in [5.74, 6) is 2.90. The van der Waals surface area contributed by atoms with E-state index in [-0.39, 0.29) is 0 Å². The molecule has 0 amide bonds. The van der Waals surface area contributed by atoms with Crippen molar-refractivity contribution in [2.24, 2.45) is 0 Å². The fourth-order valence-electron chi connectivity index (χ4n) is 9.39. The number of ether oxygens (including phenoxy) is 2. The van der Waals surface area contributed by atoms with E-state index in [1.54, 1.807) is 0 Å². The van der Waals surface area contributed by atoms with E-state index in [1.807, 2.05) is 0 Å². The van der Waals surface area contributed by atoms with E-state index in [0.717, 1.165) is 56.0 Å². The highest BCUT2D eigenvalue weighted by Gasteiger charge is 2.31. The van der Waals surface area contributed by atoms with Crippen molar-refractivity contribution in [2.75, 3.05) is 24.7 Å². The largest absolute Gasteiger partial charge is 0.491 e. The maximum atomic E-state index is 6.89. The van der Waals surface area contributed by atoms with Crippen LogP contribution >= 0.6 is 25.3 Å². The molecule has 0 bridgehead atoms. The minimum atomic E-state index is -0.526. The molecule has 10 rings (SSSR count). The standard InChI is InChI=1S/C59H48O2S2/c1-59(2,43-35-53(49-27-11-19-39-15-3-7-23-45(39)49)57(60-31-33-62)54(36-43)50-28-12-20-40-16-4-8-24-46(40)50)44-37-55(51-29-13-21-41-17-5-9-25-47(41)51)58(61-32-34-63)56(38-44)52-30-14-22-42-18-6-10-26-48(42)52/h3-30,35-38,62-63H,31-34H2,1-2H3. The summed E-state index contributed by atoms with van der Waals surface area (Å²) < 4.78 is 13.8. The zero-order valence-corrected chi connectivity index (χ0v) is 37.3. The van der Waals surface area contributed by atoms with E-state index in [4.69, 9.17) is 9.47 Å². The third-order valence-corrected chi connectivity index (χ3v) is 13.0. The van der Waals surface area contributed by atoms with Crippen LogP contribution in [0.5, 0.6) is 11.5 Å². The van der Waals surface area contributed by atoms with Gasteiger partial charge >= 0.3 is 0 Å². The third-order valence-electron chi connectivity index (χ3n) is 12.6. The molecule has 0 aromatic heterocycles. The van der Waals surface area contributed by atoms with E-state index in [0.29, 0.717) is 24.7 Å². The van der Waals surface area contributed by atoms with E-state index in [1.165, 1.54) is 54.2 Å². The molecule has 0 fully saturated rings. The Bertz CT molecular complexity index is 2870. The number of rotatable bonds is 12. The molecule has 0 aliphatic rings. The van der Waals surface area contributed by atoms with Crippen LogP contribution in [0.25, 0.3) is 87.6 Å². The first kappa shape index (κ1) is 40.6. The quantitative estimate of drug-likeness (QED) is 0.119. The van der Waals surface area contributed by atoms with E-state index in [2.05, 4.69) is 233 Å². The molecule has 308 valence electrons. The Labute approximate surface area is 381 Å². The minimum Gasteiger partial charge on any atom is -0.491 e. The summed E-state index contributed by atoms with van der Waals surface area (Å²) in [6, 6.07) is 70.4. The maximum Gasteiger partial charge on any atom is 0.135 e. The van der Waals surface area contributed by atoms with Gasteiger partial charge in [-0.2, -0.15) is 25.3 Å². The molecule has 4 heteroatoms. The highest BCUT2D eigenvalue weighted by molar-refractivity contribution is 7.80. The normalized spacial score (nSPS) is 11.7. The predicted octanol–water partition coefficient (Wildman–Crippen LogP) is 15.9. The average molecular weight is 853 g/mol. The molecule has 0 saturated heterocycles.